The maximum absolute atomic E-state index is 5.67. The summed E-state index contributed by atoms with van der Waals surface area (Å²) in [7, 11) is -1.45. The summed E-state index contributed by atoms with van der Waals surface area (Å²) >= 11 is 0. The van der Waals surface area contributed by atoms with E-state index in [-0.39, 0.29) is 0 Å². The molecule has 0 aromatic heterocycles. The summed E-state index contributed by atoms with van der Waals surface area (Å²) in [6.45, 7) is 10.4. The Labute approximate surface area is 80.5 Å². The van der Waals surface area contributed by atoms with Gasteiger partial charge in [0.15, 0.2) is 0 Å². The summed E-state index contributed by atoms with van der Waals surface area (Å²) in [5, 5.41) is 2.09. The molecule has 1 nitrogen and oxygen atoms in total. The van der Waals surface area contributed by atoms with Crippen molar-refractivity contribution < 1.29 is 4.43 Å². The molecule has 0 amide bonds. The zero-order chi connectivity index (χ0) is 9.90. The third-order valence-corrected chi connectivity index (χ3v) is 2.42. The van der Waals surface area contributed by atoms with Crippen molar-refractivity contribution in [3.8, 4) is 0 Å². The lowest BCUT2D eigenvalue weighted by Gasteiger charge is -2.14. The summed E-state index contributed by atoms with van der Waals surface area (Å²) in [6, 6.07) is 7.98. The smallest absolute Gasteiger partial charge is 0.241 e. The van der Waals surface area contributed by atoms with E-state index in [9.17, 15) is 0 Å². The number of rotatable bonds is 2. The van der Waals surface area contributed by atoms with Gasteiger partial charge in [0.05, 0.1) is 6.26 Å². The lowest BCUT2D eigenvalue weighted by atomic mass is 10.3. The van der Waals surface area contributed by atoms with Crippen molar-refractivity contribution in [1.82, 2.24) is 0 Å². The second-order valence-electron chi connectivity index (χ2n) is 4.05. The van der Waals surface area contributed by atoms with E-state index in [1.807, 2.05) is 30.5 Å². The molecule has 0 saturated carbocycles. The Kier molecular flexibility index (Phi) is 2.93. The van der Waals surface area contributed by atoms with Crippen LogP contribution in [-0.4, -0.2) is 8.32 Å². The molecule has 0 saturated heterocycles. The Morgan fingerprint density at radius 3 is 2.38 bits per heavy atom. The first-order valence-corrected chi connectivity index (χ1v) is 7.82. The molecule has 0 unspecified atom stereocenters. The van der Waals surface area contributed by atoms with Crippen LogP contribution in [0.1, 0.15) is 0 Å². The van der Waals surface area contributed by atoms with Crippen molar-refractivity contribution in [2.75, 3.05) is 0 Å². The molecule has 70 valence electrons. The minimum absolute atomic E-state index is 1.01. The van der Waals surface area contributed by atoms with Crippen molar-refractivity contribution in [2.45, 2.75) is 19.6 Å². The first kappa shape index (κ1) is 10.1. The zero-order valence-corrected chi connectivity index (χ0v) is 9.50. The fourth-order valence-corrected chi connectivity index (χ4v) is 1.37. The van der Waals surface area contributed by atoms with Crippen molar-refractivity contribution >= 4 is 21.2 Å². The van der Waals surface area contributed by atoms with Crippen LogP contribution < -0.4 is 10.4 Å². The molecule has 0 spiro atoms. The van der Waals surface area contributed by atoms with Gasteiger partial charge in [0.2, 0.25) is 8.32 Å². The van der Waals surface area contributed by atoms with Gasteiger partial charge in [-0.2, -0.15) is 0 Å². The summed E-state index contributed by atoms with van der Waals surface area (Å²) in [5.41, 5.74) is 0. The Morgan fingerprint density at radius 2 is 1.85 bits per heavy atom. The molecule has 0 aliphatic rings. The van der Waals surface area contributed by atoms with E-state index in [2.05, 4.69) is 26.2 Å². The molecular formula is C11H16OSi. The van der Waals surface area contributed by atoms with Crippen LogP contribution in [0.2, 0.25) is 19.6 Å². The molecule has 0 radical (unpaired) electrons. The first-order chi connectivity index (χ1) is 5.99. The highest BCUT2D eigenvalue weighted by molar-refractivity contribution is 6.70. The van der Waals surface area contributed by atoms with E-state index in [0.717, 1.165) is 10.4 Å². The van der Waals surface area contributed by atoms with Crippen LogP contribution in [0.4, 0.5) is 0 Å². The first-order valence-electron chi connectivity index (χ1n) is 4.41. The van der Waals surface area contributed by atoms with Gasteiger partial charge in [0, 0.05) is 5.22 Å². The SMILES string of the molecule is C=c1cccc/c1=C/O[Si](C)(C)C. The standard InChI is InChI=1S/C11H16OSi/c1-10-7-5-6-8-11(10)9-12-13(2,3)4/h5-9H,1H2,2-4H3/b11-9-. The molecular weight excluding hydrogens is 176 g/mol. The average Bonchev–Trinajstić information content (AvgIpc) is 2.01. The fraction of sp³-hybridized carbons (Fsp3) is 0.273. The van der Waals surface area contributed by atoms with Gasteiger partial charge in [-0.05, 0) is 24.9 Å². The molecule has 1 aromatic carbocycles. The van der Waals surface area contributed by atoms with Crippen LogP contribution in [0.25, 0.3) is 12.8 Å². The maximum atomic E-state index is 5.67. The van der Waals surface area contributed by atoms with E-state index in [0.29, 0.717) is 0 Å². The third kappa shape index (κ3) is 3.47. The fourth-order valence-electron chi connectivity index (χ4n) is 0.889. The van der Waals surface area contributed by atoms with E-state index in [1.54, 1.807) is 0 Å². The number of benzene rings is 1. The van der Waals surface area contributed by atoms with Gasteiger partial charge in [-0.25, -0.2) is 0 Å². The van der Waals surface area contributed by atoms with Crippen LogP contribution in [0.3, 0.4) is 0 Å². The van der Waals surface area contributed by atoms with Gasteiger partial charge in [0.25, 0.3) is 0 Å². The Morgan fingerprint density at radius 1 is 1.23 bits per heavy atom. The molecule has 0 atom stereocenters. The molecule has 1 rings (SSSR count). The third-order valence-electron chi connectivity index (χ3n) is 1.59. The van der Waals surface area contributed by atoms with Gasteiger partial charge >= 0.3 is 0 Å². The average molecular weight is 192 g/mol. The minimum Gasteiger partial charge on any atom is -0.549 e. The quantitative estimate of drug-likeness (QED) is 0.648. The zero-order valence-electron chi connectivity index (χ0n) is 8.50. The lowest BCUT2D eigenvalue weighted by molar-refractivity contribution is 0.540. The predicted molar refractivity (Wildman–Crippen MR) is 60.1 cm³/mol. The van der Waals surface area contributed by atoms with Crippen LogP contribution in [0.5, 0.6) is 0 Å². The van der Waals surface area contributed by atoms with Crippen molar-refractivity contribution in [3.63, 3.8) is 0 Å². The van der Waals surface area contributed by atoms with Crippen LogP contribution in [0, 0.1) is 0 Å². The van der Waals surface area contributed by atoms with Gasteiger partial charge in [0.1, 0.15) is 0 Å². The predicted octanol–water partition coefficient (Wildman–Crippen LogP) is 1.69. The van der Waals surface area contributed by atoms with Gasteiger partial charge in [-0.15, -0.1) is 0 Å². The van der Waals surface area contributed by atoms with Crippen molar-refractivity contribution in [2.24, 2.45) is 0 Å². The second kappa shape index (κ2) is 3.79. The number of hydrogen-bond donors (Lipinski definition) is 0. The van der Waals surface area contributed by atoms with Crippen molar-refractivity contribution in [1.29, 1.82) is 0 Å². The molecule has 0 fully saturated rings. The Balaban J connectivity index is 2.96. The van der Waals surface area contributed by atoms with Gasteiger partial charge in [-0.3, -0.25) is 0 Å². The highest BCUT2D eigenvalue weighted by Gasteiger charge is 2.12. The largest absolute Gasteiger partial charge is 0.549 e. The van der Waals surface area contributed by atoms with E-state index in [1.165, 1.54) is 0 Å². The molecule has 2 heteroatoms. The highest BCUT2D eigenvalue weighted by Crippen LogP contribution is 2.01. The number of hydrogen-bond acceptors (Lipinski definition) is 1. The van der Waals surface area contributed by atoms with E-state index in [4.69, 9.17) is 4.43 Å². The van der Waals surface area contributed by atoms with Crippen LogP contribution >= 0.6 is 0 Å². The highest BCUT2D eigenvalue weighted by atomic mass is 28.4. The summed E-state index contributed by atoms with van der Waals surface area (Å²) < 4.78 is 5.67. The normalized spacial score (nSPS) is 13.0. The molecule has 1 aromatic rings. The summed E-state index contributed by atoms with van der Waals surface area (Å²) in [6.07, 6.45) is 1.83. The van der Waals surface area contributed by atoms with Gasteiger partial charge in [-0.1, -0.05) is 30.8 Å². The van der Waals surface area contributed by atoms with Crippen LogP contribution in [0.15, 0.2) is 24.3 Å². The van der Waals surface area contributed by atoms with Crippen LogP contribution in [-0.2, 0) is 4.43 Å². The van der Waals surface area contributed by atoms with Crippen molar-refractivity contribution in [3.05, 3.63) is 34.7 Å². The maximum Gasteiger partial charge on any atom is 0.241 e. The molecule has 0 N–H and O–H groups in total. The summed E-state index contributed by atoms with van der Waals surface area (Å²) in [4.78, 5) is 0. The van der Waals surface area contributed by atoms with E-state index >= 15 is 0 Å². The lowest BCUT2D eigenvalue weighted by Crippen LogP contribution is -2.27. The Bertz CT molecular complexity index is 376. The molecule has 0 bridgehead atoms. The Hall–Kier alpha value is -1.02. The second-order valence-corrected chi connectivity index (χ2v) is 8.51. The topological polar surface area (TPSA) is 9.23 Å². The minimum atomic E-state index is -1.45. The molecule has 0 aliphatic heterocycles. The molecule has 13 heavy (non-hydrogen) atoms. The molecule has 0 heterocycles. The van der Waals surface area contributed by atoms with Gasteiger partial charge < -0.3 is 4.43 Å². The molecule has 0 aliphatic carbocycles. The van der Waals surface area contributed by atoms with E-state index < -0.39 is 8.32 Å². The summed E-state index contributed by atoms with van der Waals surface area (Å²) in [5.74, 6) is 0. The monoisotopic (exact) mass is 192 g/mol.